The molecule has 0 saturated carbocycles. The topological polar surface area (TPSA) is 63.2 Å². The molecule has 0 unspecified atom stereocenters. The standard InChI is InChI=1S/Al.Li.Mg.O3Si/c;;;1-4(2)3/q+3;+1;+2;-2. The Balaban J connectivity index is -0.0000000150. The fourth-order valence-electron chi connectivity index (χ4n) is 0. The molecule has 0 aliphatic carbocycles. The van der Waals surface area contributed by atoms with Crippen LogP contribution in [-0.4, -0.2) is 49.6 Å². The van der Waals surface area contributed by atoms with E-state index in [2.05, 4.69) is 0 Å². The summed E-state index contributed by atoms with van der Waals surface area (Å²) in [6.07, 6.45) is 0. The van der Waals surface area contributed by atoms with Gasteiger partial charge in [-0.25, -0.2) is 0 Å². The predicted octanol–water partition coefficient (Wildman–Crippen LogP) is -6.64. The van der Waals surface area contributed by atoms with Crippen LogP contribution < -0.4 is 28.5 Å². The summed E-state index contributed by atoms with van der Waals surface area (Å²) in [4.78, 5) is 17.0. The Morgan fingerprint density at radius 2 is 1.29 bits per heavy atom. The molecule has 0 aliphatic heterocycles. The van der Waals surface area contributed by atoms with Crippen molar-refractivity contribution in [1.29, 1.82) is 0 Å². The zero-order valence-corrected chi connectivity index (χ0v) is 7.58. The summed E-state index contributed by atoms with van der Waals surface area (Å²) in [5.74, 6) is 0. The van der Waals surface area contributed by atoms with E-state index in [1.807, 2.05) is 0 Å². The number of hydrogen-bond acceptors (Lipinski definition) is 3. The van der Waals surface area contributed by atoms with Crippen molar-refractivity contribution in [3.05, 3.63) is 0 Å². The quantitative estimate of drug-likeness (QED) is 0.309. The van der Waals surface area contributed by atoms with Gasteiger partial charge in [-0.1, -0.05) is 0 Å². The van der Waals surface area contributed by atoms with Gasteiger partial charge in [0.15, 0.2) is 0 Å². The molecule has 0 N–H and O–H groups in total. The monoisotopic (exact) mass is 134 g/mol. The Hall–Kier alpha value is 1.51. The maximum atomic E-state index is 8.52. The van der Waals surface area contributed by atoms with Gasteiger partial charge in [-0.2, -0.15) is 0 Å². The van der Waals surface area contributed by atoms with Gasteiger partial charge in [-0.05, 0) is 0 Å². The molecule has 0 radical (unpaired) electrons. The van der Waals surface area contributed by atoms with Crippen LogP contribution >= 0.6 is 0 Å². The molecule has 0 aromatic carbocycles. The summed E-state index contributed by atoms with van der Waals surface area (Å²) in [5.41, 5.74) is 0. The molecule has 0 heterocycles. The van der Waals surface area contributed by atoms with E-state index in [0.29, 0.717) is 0 Å². The van der Waals surface area contributed by atoms with Crippen molar-refractivity contribution in [2.75, 3.05) is 0 Å². The normalized spacial score (nSPS) is 3.43. The molecule has 0 aromatic heterocycles. The molecule has 0 rings (SSSR count). The van der Waals surface area contributed by atoms with Crippen molar-refractivity contribution in [2.24, 2.45) is 0 Å². The maximum absolute atomic E-state index is 8.52. The molecule has 0 fully saturated rings. The summed E-state index contributed by atoms with van der Waals surface area (Å²) in [5, 5.41) is 0. The van der Waals surface area contributed by atoms with Gasteiger partial charge in [0, 0.05) is 9.17 Å². The Kier molecular flexibility index (Phi) is 52.7. The molecule has 0 spiro atoms. The van der Waals surface area contributed by atoms with Crippen LogP contribution in [-0.2, 0) is 4.46 Å². The van der Waals surface area contributed by atoms with E-state index in [0.717, 1.165) is 0 Å². The molecular weight excluding hydrogens is 134 g/mol. The molecule has 7 heteroatoms. The minimum atomic E-state index is -3.63. The zero-order valence-electron chi connectivity index (χ0n) is 4.01. The van der Waals surface area contributed by atoms with E-state index < -0.39 is 9.17 Å². The molecule has 3 nitrogen and oxygen atoms in total. The summed E-state index contributed by atoms with van der Waals surface area (Å²) in [6, 6.07) is 0. The van der Waals surface area contributed by atoms with Gasteiger partial charge >= 0.3 is 59.3 Å². The average Bonchev–Trinajstić information content (AvgIpc) is 0.811. The van der Waals surface area contributed by atoms with Gasteiger partial charge in [-0.3, -0.25) is 0 Å². The van der Waals surface area contributed by atoms with Gasteiger partial charge in [0.1, 0.15) is 0 Å². The van der Waals surface area contributed by atoms with Crippen molar-refractivity contribution in [3.63, 3.8) is 0 Å². The van der Waals surface area contributed by atoms with Crippen LogP contribution in [0.5, 0.6) is 0 Å². The predicted molar refractivity (Wildman–Crippen MR) is 17.9 cm³/mol. The van der Waals surface area contributed by atoms with Gasteiger partial charge in [0.05, 0.1) is 0 Å². The van der Waals surface area contributed by atoms with Crippen LogP contribution in [0, 0.1) is 0 Å². The molecule has 0 saturated heterocycles. The molecule has 0 bridgehead atoms. The largest absolute Gasteiger partial charge is 3.00 e. The first-order chi connectivity index (χ1) is 1.73. The average molecular weight is 134 g/mol. The second-order valence-electron chi connectivity index (χ2n) is 0.250. The van der Waals surface area contributed by atoms with E-state index in [1.165, 1.54) is 0 Å². The first kappa shape index (κ1) is 23.6. The second kappa shape index (κ2) is 15.6. The zero-order chi connectivity index (χ0) is 3.58. The summed E-state index contributed by atoms with van der Waals surface area (Å²) < 4.78 is 8.52. The van der Waals surface area contributed by atoms with Crippen LogP contribution in [0.25, 0.3) is 0 Å². The summed E-state index contributed by atoms with van der Waals surface area (Å²) in [6.45, 7) is 0. The third-order valence-electron chi connectivity index (χ3n) is 0. The Morgan fingerprint density at radius 3 is 1.29 bits per heavy atom. The molecule has 0 amide bonds. The maximum Gasteiger partial charge on any atom is 3.00 e. The van der Waals surface area contributed by atoms with Crippen LogP contribution in [0.3, 0.4) is 0 Å². The summed E-state index contributed by atoms with van der Waals surface area (Å²) >= 11 is 0. The Labute approximate surface area is 81.9 Å². The second-order valence-corrected chi connectivity index (χ2v) is 0.750. The van der Waals surface area contributed by atoms with Crippen molar-refractivity contribution >= 4 is 49.6 Å². The number of hydrogen-bond donors (Lipinski definition) is 0. The van der Waals surface area contributed by atoms with Gasteiger partial charge in [0.25, 0.3) is 0 Å². The number of rotatable bonds is 0. The fraction of sp³-hybridized carbons (Fsp3) is 0. The summed E-state index contributed by atoms with van der Waals surface area (Å²) in [7, 11) is -3.63. The molecule has 0 aromatic rings. The van der Waals surface area contributed by atoms with Crippen molar-refractivity contribution in [2.45, 2.75) is 0 Å². The minimum absolute atomic E-state index is 0. The molecular formula is AlLiMgO3Si+4. The third-order valence-corrected chi connectivity index (χ3v) is 0. The van der Waals surface area contributed by atoms with E-state index in [-0.39, 0.29) is 59.3 Å². The van der Waals surface area contributed by atoms with E-state index >= 15 is 0 Å². The van der Waals surface area contributed by atoms with Crippen molar-refractivity contribution in [1.82, 2.24) is 0 Å². The molecule has 24 valence electrons. The SMILES string of the molecule is O=[Si]([O-])[O-].[Al+3].[Li+].[Mg+2]. The van der Waals surface area contributed by atoms with Crippen LogP contribution in [0.4, 0.5) is 0 Å². The Bertz CT molecular complexity index is 37.9. The van der Waals surface area contributed by atoms with E-state index in [1.54, 1.807) is 0 Å². The molecule has 7 heavy (non-hydrogen) atoms. The van der Waals surface area contributed by atoms with Crippen LogP contribution in [0.15, 0.2) is 0 Å². The van der Waals surface area contributed by atoms with Gasteiger partial charge < -0.3 is 14.1 Å². The minimum Gasteiger partial charge on any atom is -0.672 e. The van der Waals surface area contributed by atoms with E-state index in [9.17, 15) is 0 Å². The van der Waals surface area contributed by atoms with Gasteiger partial charge in [-0.15, -0.1) is 0 Å². The van der Waals surface area contributed by atoms with Crippen LogP contribution in [0.2, 0.25) is 0 Å². The van der Waals surface area contributed by atoms with Gasteiger partial charge in [0.2, 0.25) is 0 Å². The third kappa shape index (κ3) is 99.8. The first-order valence-corrected chi connectivity index (χ1v) is 1.84. The van der Waals surface area contributed by atoms with Crippen molar-refractivity contribution < 1.29 is 32.9 Å². The van der Waals surface area contributed by atoms with Crippen LogP contribution in [0.1, 0.15) is 0 Å². The van der Waals surface area contributed by atoms with Crippen molar-refractivity contribution in [3.8, 4) is 0 Å². The smallest absolute Gasteiger partial charge is 0.672 e. The fourth-order valence-corrected chi connectivity index (χ4v) is 0. The Morgan fingerprint density at radius 1 is 1.29 bits per heavy atom. The van der Waals surface area contributed by atoms with E-state index in [4.69, 9.17) is 14.1 Å². The molecule has 0 atom stereocenters. The molecule has 0 aliphatic rings. The first-order valence-electron chi connectivity index (χ1n) is 0.612.